The van der Waals surface area contributed by atoms with Gasteiger partial charge in [-0.1, -0.05) is 13.8 Å². The molecule has 0 aliphatic heterocycles. The van der Waals surface area contributed by atoms with E-state index >= 15 is 0 Å². The van der Waals surface area contributed by atoms with Crippen molar-refractivity contribution in [2.45, 2.75) is 72.1 Å². The van der Waals surface area contributed by atoms with Crippen LogP contribution in [0.3, 0.4) is 0 Å². The summed E-state index contributed by atoms with van der Waals surface area (Å²) in [5, 5.41) is 8.60. The summed E-state index contributed by atoms with van der Waals surface area (Å²) >= 11 is 0. The molecule has 0 aromatic carbocycles. The average Bonchev–Trinajstić information content (AvgIpc) is 2.25. The van der Waals surface area contributed by atoms with Crippen molar-refractivity contribution in [3.8, 4) is 6.07 Å². The molecule has 100 valence electrons. The van der Waals surface area contributed by atoms with Crippen LogP contribution in [0.4, 0.5) is 0 Å². The van der Waals surface area contributed by atoms with E-state index in [-0.39, 0.29) is 0 Å². The lowest BCUT2D eigenvalue weighted by Crippen LogP contribution is -2.35. The van der Waals surface area contributed by atoms with E-state index in [1.54, 1.807) is 0 Å². The van der Waals surface area contributed by atoms with Crippen molar-refractivity contribution < 1.29 is 4.52 Å². The molecule has 0 saturated heterocycles. The Balaban J connectivity index is 4.68. The predicted molar refractivity (Wildman–Crippen MR) is 75.0 cm³/mol. The molecule has 0 amide bonds. The second kappa shape index (κ2) is 8.86. The quantitative estimate of drug-likeness (QED) is 0.485. The highest BCUT2D eigenvalue weighted by molar-refractivity contribution is 7.50. The number of hydrogen-bond acceptors (Lipinski definition) is 3. The third-order valence-electron chi connectivity index (χ3n) is 2.69. The van der Waals surface area contributed by atoms with Crippen LogP contribution < -0.4 is 0 Å². The van der Waals surface area contributed by atoms with Crippen molar-refractivity contribution in [1.82, 2.24) is 4.67 Å². The minimum Gasteiger partial charge on any atom is -0.342 e. The predicted octanol–water partition coefficient (Wildman–Crippen LogP) is 4.15. The molecule has 2 unspecified atom stereocenters. The van der Waals surface area contributed by atoms with Crippen molar-refractivity contribution in [2.75, 3.05) is 6.61 Å². The highest BCUT2D eigenvalue weighted by Crippen LogP contribution is 2.50. The number of hydrogen-bond donors (Lipinski definition) is 0. The summed E-state index contributed by atoms with van der Waals surface area (Å²) in [5.74, 6) is 0. The smallest absolute Gasteiger partial charge is 0.107 e. The Bertz CT molecular complexity index is 230. The third-order valence-corrected chi connectivity index (χ3v) is 5.64. The Kier molecular flexibility index (Phi) is 8.78. The lowest BCUT2D eigenvalue weighted by atomic mass is 10.3. The van der Waals surface area contributed by atoms with Crippen LogP contribution >= 0.6 is 8.30 Å². The van der Waals surface area contributed by atoms with Gasteiger partial charge in [-0.05, 0) is 34.1 Å². The maximum atomic E-state index is 8.60. The molecule has 0 aliphatic rings. The van der Waals surface area contributed by atoms with Gasteiger partial charge < -0.3 is 4.52 Å². The summed E-state index contributed by atoms with van der Waals surface area (Å²) in [7, 11) is -0.594. The molecule has 4 heteroatoms. The Labute approximate surface area is 108 Å². The Morgan fingerprint density at radius 1 is 1.18 bits per heavy atom. The summed E-state index contributed by atoms with van der Waals surface area (Å²) in [4.78, 5) is 0. The van der Waals surface area contributed by atoms with Gasteiger partial charge in [0.2, 0.25) is 0 Å². The zero-order chi connectivity index (χ0) is 13.4. The van der Waals surface area contributed by atoms with E-state index in [1.807, 2.05) is 0 Å². The van der Waals surface area contributed by atoms with Gasteiger partial charge in [-0.2, -0.15) is 5.26 Å². The Hall–Kier alpha value is -0.160. The van der Waals surface area contributed by atoms with Gasteiger partial charge in [0.15, 0.2) is 0 Å². The maximum absolute atomic E-state index is 8.60. The van der Waals surface area contributed by atoms with Gasteiger partial charge >= 0.3 is 0 Å². The Morgan fingerprint density at radius 2 is 1.71 bits per heavy atom. The van der Waals surface area contributed by atoms with Crippen LogP contribution in [0.2, 0.25) is 0 Å². The summed E-state index contributed by atoms with van der Waals surface area (Å²) in [6.07, 6.45) is 1.60. The summed E-state index contributed by atoms with van der Waals surface area (Å²) in [5.41, 5.74) is 0.550. The van der Waals surface area contributed by atoms with Crippen LogP contribution in [0.5, 0.6) is 0 Å². The number of rotatable bonds is 8. The van der Waals surface area contributed by atoms with Gasteiger partial charge in [0.05, 0.1) is 19.1 Å². The monoisotopic (exact) mass is 258 g/mol. The number of nitrogens with zero attached hydrogens (tertiary/aromatic N) is 2. The summed E-state index contributed by atoms with van der Waals surface area (Å²) in [6.45, 7) is 13.9. The van der Waals surface area contributed by atoms with E-state index in [1.165, 1.54) is 0 Å². The molecule has 3 nitrogen and oxygen atoms in total. The molecule has 0 N–H and O–H groups in total. The van der Waals surface area contributed by atoms with Crippen LogP contribution in [-0.2, 0) is 4.52 Å². The third kappa shape index (κ3) is 5.82. The SMILES string of the molecule is CCC(C)P(OCCC#N)N(C(C)C)C(C)C. The number of nitriles is 1. The fourth-order valence-electron chi connectivity index (χ4n) is 1.81. The van der Waals surface area contributed by atoms with Gasteiger partial charge in [-0.3, -0.25) is 4.67 Å². The van der Waals surface area contributed by atoms with Crippen molar-refractivity contribution >= 4 is 8.30 Å². The molecule has 0 aliphatic carbocycles. The van der Waals surface area contributed by atoms with Gasteiger partial charge in [-0.25, -0.2) is 0 Å². The second-order valence-corrected chi connectivity index (χ2v) is 7.08. The first-order chi connectivity index (χ1) is 7.95. The fraction of sp³-hybridized carbons (Fsp3) is 0.923. The summed E-state index contributed by atoms with van der Waals surface area (Å²) in [6, 6.07) is 3.11. The fourth-order valence-corrected chi connectivity index (χ4v) is 4.16. The zero-order valence-corrected chi connectivity index (χ0v) is 13.0. The van der Waals surface area contributed by atoms with Gasteiger partial charge in [-0.15, -0.1) is 0 Å². The first-order valence-corrected chi connectivity index (χ1v) is 7.81. The van der Waals surface area contributed by atoms with Crippen LogP contribution in [0, 0.1) is 11.3 Å². The molecule has 0 aromatic rings. The van der Waals surface area contributed by atoms with Crippen LogP contribution in [-0.4, -0.2) is 29.0 Å². The molecule has 0 bridgehead atoms. The Morgan fingerprint density at radius 3 is 2.06 bits per heavy atom. The highest BCUT2D eigenvalue weighted by atomic mass is 31.2. The molecule has 0 heterocycles. The molecular weight excluding hydrogens is 231 g/mol. The molecule has 2 atom stereocenters. The van der Waals surface area contributed by atoms with E-state index in [2.05, 4.69) is 52.3 Å². The summed E-state index contributed by atoms with van der Waals surface area (Å²) < 4.78 is 8.45. The average molecular weight is 258 g/mol. The molecule has 0 rings (SSSR count). The second-order valence-electron chi connectivity index (χ2n) is 4.87. The van der Waals surface area contributed by atoms with Crippen molar-refractivity contribution in [1.29, 1.82) is 5.26 Å². The van der Waals surface area contributed by atoms with E-state index in [0.29, 0.717) is 30.8 Å². The molecule has 0 aromatic heterocycles. The van der Waals surface area contributed by atoms with Crippen molar-refractivity contribution in [3.05, 3.63) is 0 Å². The van der Waals surface area contributed by atoms with E-state index in [4.69, 9.17) is 9.79 Å². The van der Waals surface area contributed by atoms with E-state index in [9.17, 15) is 0 Å². The van der Waals surface area contributed by atoms with Gasteiger partial charge in [0.25, 0.3) is 0 Å². The van der Waals surface area contributed by atoms with Crippen LogP contribution in [0.15, 0.2) is 0 Å². The lowest BCUT2D eigenvalue weighted by molar-refractivity contribution is 0.251. The largest absolute Gasteiger partial charge is 0.342 e. The topological polar surface area (TPSA) is 36.3 Å². The van der Waals surface area contributed by atoms with Gasteiger partial charge in [0.1, 0.15) is 8.30 Å². The highest BCUT2D eigenvalue weighted by Gasteiger charge is 2.28. The zero-order valence-electron chi connectivity index (χ0n) is 12.1. The van der Waals surface area contributed by atoms with Crippen molar-refractivity contribution in [3.63, 3.8) is 0 Å². The molecule has 17 heavy (non-hydrogen) atoms. The molecular formula is C13H27N2OP. The normalized spacial score (nSPS) is 15.3. The van der Waals surface area contributed by atoms with Crippen LogP contribution in [0.1, 0.15) is 54.4 Å². The minimum atomic E-state index is -0.594. The maximum Gasteiger partial charge on any atom is 0.107 e. The van der Waals surface area contributed by atoms with E-state index in [0.717, 1.165) is 6.42 Å². The van der Waals surface area contributed by atoms with Gasteiger partial charge in [0, 0.05) is 17.7 Å². The van der Waals surface area contributed by atoms with E-state index < -0.39 is 8.30 Å². The molecule has 0 saturated carbocycles. The van der Waals surface area contributed by atoms with Crippen LogP contribution in [0.25, 0.3) is 0 Å². The first-order valence-electron chi connectivity index (χ1n) is 6.53. The molecule has 0 radical (unpaired) electrons. The standard InChI is InChI=1S/C13H27N2OP/c1-7-13(6)17(16-10-8-9-14)15(11(2)3)12(4)5/h11-13H,7-8,10H2,1-6H3. The molecule has 0 fully saturated rings. The molecule has 0 spiro atoms. The lowest BCUT2D eigenvalue weighted by Gasteiger charge is -2.39. The minimum absolute atomic E-state index is 0.484. The van der Waals surface area contributed by atoms with Crippen molar-refractivity contribution in [2.24, 2.45) is 0 Å². The first kappa shape index (κ1) is 16.8.